The van der Waals surface area contributed by atoms with Crippen molar-refractivity contribution in [3.05, 3.63) is 99.0 Å². The van der Waals surface area contributed by atoms with E-state index in [1.807, 2.05) is 6.07 Å². The van der Waals surface area contributed by atoms with E-state index in [0.29, 0.717) is 17.2 Å². The summed E-state index contributed by atoms with van der Waals surface area (Å²) in [7, 11) is 0. The number of nitrogens with zero attached hydrogens (tertiary/aromatic N) is 2. The van der Waals surface area contributed by atoms with Gasteiger partial charge in [0.25, 0.3) is 0 Å². The average molecular weight is 431 g/mol. The Morgan fingerprint density at radius 2 is 1.79 bits per heavy atom. The maximum atomic E-state index is 14.7. The third-order valence-electron chi connectivity index (χ3n) is 5.18. The lowest BCUT2D eigenvalue weighted by atomic mass is 9.96. The van der Waals surface area contributed by atoms with Gasteiger partial charge in [0, 0.05) is 17.0 Å². The Balaban J connectivity index is 1.64. The zero-order valence-corrected chi connectivity index (χ0v) is 16.5. The van der Waals surface area contributed by atoms with E-state index in [9.17, 15) is 8.78 Å². The van der Waals surface area contributed by atoms with Crippen LogP contribution in [0.4, 0.5) is 8.78 Å². The number of ether oxygens (including phenoxy) is 1. The van der Waals surface area contributed by atoms with Gasteiger partial charge in [-0.3, -0.25) is 0 Å². The molecule has 2 heterocycles. The fourth-order valence-electron chi connectivity index (χ4n) is 3.81. The topological polar surface area (TPSA) is 24.8 Å². The first-order chi connectivity index (χ1) is 14.0. The van der Waals surface area contributed by atoms with Crippen molar-refractivity contribution in [3.63, 3.8) is 0 Å². The number of halogens is 4. The van der Waals surface area contributed by atoms with Gasteiger partial charge in [-0.2, -0.15) is 5.10 Å². The van der Waals surface area contributed by atoms with E-state index < -0.39 is 12.0 Å². The Morgan fingerprint density at radius 1 is 1.00 bits per heavy atom. The summed E-state index contributed by atoms with van der Waals surface area (Å²) in [6.45, 7) is 0. The van der Waals surface area contributed by atoms with E-state index in [-0.39, 0.29) is 22.4 Å². The summed E-state index contributed by atoms with van der Waals surface area (Å²) >= 11 is 12.5. The van der Waals surface area contributed by atoms with Crippen molar-refractivity contribution < 1.29 is 13.5 Å². The van der Waals surface area contributed by atoms with Crippen LogP contribution in [-0.4, -0.2) is 10.7 Å². The minimum atomic E-state index is -0.833. The zero-order chi connectivity index (χ0) is 20.1. The van der Waals surface area contributed by atoms with Crippen LogP contribution in [-0.2, 0) is 0 Å². The number of hydrogen-bond donors (Lipinski definition) is 0. The maximum Gasteiger partial charge on any atom is 0.218 e. The molecule has 7 heteroatoms. The second-order valence-corrected chi connectivity index (χ2v) is 7.78. The molecule has 2 aliphatic rings. The highest BCUT2D eigenvalue weighted by molar-refractivity contribution is 6.31. The molecular formula is C22H14Cl2F2N2O. The molecule has 2 aliphatic heterocycles. The van der Waals surface area contributed by atoms with E-state index in [1.54, 1.807) is 41.4 Å². The molecule has 3 nitrogen and oxygen atoms in total. The van der Waals surface area contributed by atoms with E-state index in [1.165, 1.54) is 18.2 Å². The smallest absolute Gasteiger partial charge is 0.218 e. The van der Waals surface area contributed by atoms with Crippen LogP contribution in [0.25, 0.3) is 0 Å². The Kier molecular flexibility index (Phi) is 4.45. The molecule has 0 fully saturated rings. The third kappa shape index (κ3) is 3.15. The van der Waals surface area contributed by atoms with Crippen molar-refractivity contribution in [1.29, 1.82) is 0 Å². The largest absolute Gasteiger partial charge is 0.464 e. The summed E-state index contributed by atoms with van der Waals surface area (Å²) in [5.74, 6) is -0.179. The fourth-order valence-corrected chi connectivity index (χ4v) is 4.25. The van der Waals surface area contributed by atoms with Crippen LogP contribution in [0.2, 0.25) is 10.0 Å². The Morgan fingerprint density at radius 3 is 2.55 bits per heavy atom. The molecule has 146 valence electrons. The lowest BCUT2D eigenvalue weighted by Crippen LogP contribution is -2.34. The van der Waals surface area contributed by atoms with Gasteiger partial charge < -0.3 is 4.74 Å². The van der Waals surface area contributed by atoms with Gasteiger partial charge in [0.15, 0.2) is 0 Å². The van der Waals surface area contributed by atoms with Gasteiger partial charge in [-0.1, -0.05) is 41.4 Å². The van der Waals surface area contributed by atoms with E-state index in [2.05, 4.69) is 0 Å². The molecule has 0 aliphatic carbocycles. The molecule has 0 saturated heterocycles. The van der Waals surface area contributed by atoms with Crippen LogP contribution in [0, 0.1) is 11.6 Å². The number of benzene rings is 3. The maximum absolute atomic E-state index is 14.7. The van der Waals surface area contributed by atoms with Crippen molar-refractivity contribution >= 4 is 28.9 Å². The van der Waals surface area contributed by atoms with E-state index in [0.717, 1.165) is 16.8 Å². The minimum absolute atomic E-state index is 0.210. The van der Waals surface area contributed by atoms with Crippen molar-refractivity contribution in [3.8, 4) is 5.75 Å². The summed E-state index contributed by atoms with van der Waals surface area (Å²) in [4.78, 5) is 0. The summed E-state index contributed by atoms with van der Waals surface area (Å²) in [5, 5.41) is 7.26. The van der Waals surface area contributed by atoms with Crippen LogP contribution >= 0.6 is 23.2 Å². The predicted octanol–water partition coefficient (Wildman–Crippen LogP) is 6.51. The third-order valence-corrected chi connectivity index (χ3v) is 5.74. The monoisotopic (exact) mass is 430 g/mol. The number of hydrazone groups is 1. The van der Waals surface area contributed by atoms with Gasteiger partial charge in [0.1, 0.15) is 17.4 Å². The molecular weight excluding hydrogens is 417 g/mol. The van der Waals surface area contributed by atoms with Crippen LogP contribution in [0.5, 0.6) is 5.75 Å². The highest BCUT2D eigenvalue weighted by Crippen LogP contribution is 2.49. The van der Waals surface area contributed by atoms with Crippen molar-refractivity contribution in [2.24, 2.45) is 5.10 Å². The van der Waals surface area contributed by atoms with Gasteiger partial charge in [0.2, 0.25) is 6.23 Å². The van der Waals surface area contributed by atoms with Gasteiger partial charge in [-0.25, -0.2) is 13.8 Å². The molecule has 2 atom stereocenters. The van der Waals surface area contributed by atoms with Crippen LogP contribution in [0.1, 0.15) is 35.4 Å². The van der Waals surface area contributed by atoms with Crippen LogP contribution < -0.4 is 4.74 Å². The van der Waals surface area contributed by atoms with Crippen molar-refractivity contribution in [2.75, 3.05) is 0 Å². The van der Waals surface area contributed by atoms with Crippen LogP contribution in [0.15, 0.2) is 65.8 Å². The van der Waals surface area contributed by atoms with E-state index >= 15 is 0 Å². The molecule has 5 rings (SSSR count). The molecule has 29 heavy (non-hydrogen) atoms. The molecule has 0 amide bonds. The Hall–Kier alpha value is -2.63. The quantitative estimate of drug-likeness (QED) is 0.462. The number of rotatable bonds is 2. The molecule has 0 radical (unpaired) electrons. The lowest BCUT2D eigenvalue weighted by Gasteiger charge is -2.38. The van der Waals surface area contributed by atoms with Gasteiger partial charge in [-0.15, -0.1) is 0 Å². The number of hydrogen-bond acceptors (Lipinski definition) is 3. The second-order valence-electron chi connectivity index (χ2n) is 6.94. The average Bonchev–Trinajstić information content (AvgIpc) is 3.14. The molecule has 0 bridgehead atoms. The first-order valence-corrected chi connectivity index (χ1v) is 9.78. The summed E-state index contributed by atoms with van der Waals surface area (Å²) in [6, 6.07) is 15.8. The number of fused-ring (bicyclic) bond motifs is 3. The summed E-state index contributed by atoms with van der Waals surface area (Å²) in [6.07, 6.45) is -0.286. The molecule has 3 aromatic rings. The van der Waals surface area contributed by atoms with Gasteiger partial charge in [0.05, 0.1) is 22.3 Å². The van der Waals surface area contributed by atoms with Crippen molar-refractivity contribution in [2.45, 2.75) is 18.7 Å². The Bertz CT molecular complexity index is 1110. The molecule has 0 unspecified atom stereocenters. The molecule has 0 saturated carbocycles. The highest BCUT2D eigenvalue weighted by Gasteiger charge is 2.42. The fraction of sp³-hybridized carbons (Fsp3) is 0.136. The first kappa shape index (κ1) is 18.4. The normalized spacial score (nSPS) is 20.0. The minimum Gasteiger partial charge on any atom is -0.464 e. The SMILES string of the molecule is Fc1ccc(C2=NN3[C@@H](c4c(F)cccc4Cl)Oc4ccc(Cl)cc4[C@@H]3C2)cc1. The van der Waals surface area contributed by atoms with E-state index in [4.69, 9.17) is 33.0 Å². The highest BCUT2D eigenvalue weighted by atomic mass is 35.5. The van der Waals surface area contributed by atoms with Gasteiger partial charge >= 0.3 is 0 Å². The zero-order valence-electron chi connectivity index (χ0n) is 14.9. The second kappa shape index (κ2) is 7.01. The Labute approximate surface area is 176 Å². The van der Waals surface area contributed by atoms with Crippen LogP contribution in [0.3, 0.4) is 0 Å². The molecule has 0 spiro atoms. The van der Waals surface area contributed by atoms with Crippen molar-refractivity contribution in [1.82, 2.24) is 5.01 Å². The van der Waals surface area contributed by atoms with Gasteiger partial charge in [-0.05, 0) is 48.0 Å². The molecule has 3 aromatic carbocycles. The standard InChI is InChI=1S/C22H14Cl2F2N2O/c23-13-6-9-20-15(10-13)19-11-18(12-4-7-14(25)8-5-12)27-28(19)22(29-20)21-16(24)2-1-3-17(21)26/h1-10,19,22H,11H2/t19-,22+/m0/s1. The predicted molar refractivity (Wildman–Crippen MR) is 108 cm³/mol. The first-order valence-electron chi connectivity index (χ1n) is 9.03. The molecule has 0 aromatic heterocycles. The summed E-state index contributed by atoms with van der Waals surface area (Å²) in [5.41, 5.74) is 2.64. The summed E-state index contributed by atoms with van der Waals surface area (Å²) < 4.78 is 34.2. The lowest BCUT2D eigenvalue weighted by molar-refractivity contribution is -0.0211. The molecule has 0 N–H and O–H groups in total.